The van der Waals surface area contributed by atoms with Gasteiger partial charge in [0.1, 0.15) is 0 Å². The minimum atomic E-state index is 0.388. The van der Waals surface area contributed by atoms with Crippen LogP contribution in [0.1, 0.15) is 24.9 Å². The highest BCUT2D eigenvalue weighted by molar-refractivity contribution is 9.10. The molecule has 15 heavy (non-hydrogen) atoms. The van der Waals surface area contributed by atoms with Crippen molar-refractivity contribution in [3.8, 4) is 0 Å². The molecule has 1 aromatic carbocycles. The molecule has 0 heterocycles. The van der Waals surface area contributed by atoms with E-state index in [4.69, 9.17) is 4.74 Å². The van der Waals surface area contributed by atoms with E-state index in [0.29, 0.717) is 6.04 Å². The molecule has 0 radical (unpaired) electrons. The Labute approximate surface area is 100 Å². The third kappa shape index (κ3) is 4.78. The molecule has 0 unspecified atom stereocenters. The van der Waals surface area contributed by atoms with Gasteiger partial charge >= 0.3 is 0 Å². The van der Waals surface area contributed by atoms with E-state index in [1.807, 2.05) is 6.07 Å². The lowest BCUT2D eigenvalue weighted by molar-refractivity contribution is 0.193. The van der Waals surface area contributed by atoms with Crippen molar-refractivity contribution < 1.29 is 4.74 Å². The molecule has 84 valence electrons. The molecule has 0 saturated heterocycles. The van der Waals surface area contributed by atoms with Crippen LogP contribution in [0, 0.1) is 0 Å². The summed E-state index contributed by atoms with van der Waals surface area (Å²) in [5.74, 6) is 0. The zero-order valence-electron chi connectivity index (χ0n) is 9.29. The van der Waals surface area contributed by atoms with Gasteiger partial charge in [0.2, 0.25) is 0 Å². The average Bonchev–Trinajstić information content (AvgIpc) is 2.24. The highest BCUT2D eigenvalue weighted by atomic mass is 79.9. The molecule has 0 aliphatic heterocycles. The van der Waals surface area contributed by atoms with Crippen molar-refractivity contribution in [2.75, 3.05) is 20.3 Å². The Morgan fingerprint density at radius 1 is 1.47 bits per heavy atom. The molecule has 3 heteroatoms. The number of halogens is 1. The van der Waals surface area contributed by atoms with Crippen molar-refractivity contribution in [3.63, 3.8) is 0 Å². The number of nitrogens with one attached hydrogen (secondary N) is 1. The molecule has 1 aromatic rings. The van der Waals surface area contributed by atoms with Gasteiger partial charge in [0, 0.05) is 24.2 Å². The van der Waals surface area contributed by atoms with Crippen molar-refractivity contribution >= 4 is 15.9 Å². The molecular formula is C12H18BrNO. The molecular weight excluding hydrogens is 254 g/mol. The summed E-state index contributed by atoms with van der Waals surface area (Å²) in [6, 6.07) is 8.78. The van der Waals surface area contributed by atoms with Gasteiger partial charge in [-0.05, 0) is 37.6 Å². The van der Waals surface area contributed by atoms with Gasteiger partial charge in [-0.3, -0.25) is 0 Å². The monoisotopic (exact) mass is 271 g/mol. The Hall–Kier alpha value is -0.380. The third-order valence-corrected chi connectivity index (χ3v) is 2.82. The average molecular weight is 272 g/mol. The smallest absolute Gasteiger partial charge is 0.0474 e. The first-order chi connectivity index (χ1) is 7.24. The van der Waals surface area contributed by atoms with Gasteiger partial charge in [0.05, 0.1) is 0 Å². The Kier molecular flexibility index (Phi) is 5.91. The first kappa shape index (κ1) is 12.7. The molecule has 2 nitrogen and oxygen atoms in total. The molecule has 0 bridgehead atoms. The zero-order valence-corrected chi connectivity index (χ0v) is 10.9. The maximum atomic E-state index is 5.00. The summed E-state index contributed by atoms with van der Waals surface area (Å²) < 4.78 is 6.13. The summed E-state index contributed by atoms with van der Waals surface area (Å²) in [4.78, 5) is 0. The quantitative estimate of drug-likeness (QED) is 0.803. The number of rotatable bonds is 6. The minimum Gasteiger partial charge on any atom is -0.385 e. The number of benzene rings is 1. The van der Waals surface area contributed by atoms with Crippen LogP contribution in [0.3, 0.4) is 0 Å². The van der Waals surface area contributed by atoms with Gasteiger partial charge in [-0.25, -0.2) is 0 Å². The van der Waals surface area contributed by atoms with Crippen molar-refractivity contribution in [2.24, 2.45) is 0 Å². The molecule has 0 spiro atoms. The lowest BCUT2D eigenvalue weighted by atomic mass is 10.1. The molecule has 1 atom stereocenters. The fourth-order valence-electron chi connectivity index (χ4n) is 1.43. The van der Waals surface area contributed by atoms with Gasteiger partial charge in [0.25, 0.3) is 0 Å². The summed E-state index contributed by atoms with van der Waals surface area (Å²) >= 11 is 3.48. The van der Waals surface area contributed by atoms with Gasteiger partial charge in [0.15, 0.2) is 0 Å². The topological polar surface area (TPSA) is 21.3 Å². The largest absolute Gasteiger partial charge is 0.385 e. The highest BCUT2D eigenvalue weighted by Gasteiger charge is 2.03. The maximum Gasteiger partial charge on any atom is 0.0474 e. The predicted molar refractivity (Wildman–Crippen MR) is 67.1 cm³/mol. The second-order valence-electron chi connectivity index (χ2n) is 3.58. The lowest BCUT2D eigenvalue weighted by Crippen LogP contribution is -2.20. The van der Waals surface area contributed by atoms with Crippen molar-refractivity contribution in [2.45, 2.75) is 19.4 Å². The molecule has 0 amide bonds. The molecule has 0 aromatic heterocycles. The molecule has 0 aliphatic carbocycles. The lowest BCUT2D eigenvalue weighted by Gasteiger charge is -2.14. The summed E-state index contributed by atoms with van der Waals surface area (Å²) in [5, 5.41) is 3.46. The van der Waals surface area contributed by atoms with Crippen LogP contribution < -0.4 is 5.32 Å². The van der Waals surface area contributed by atoms with Crippen LogP contribution >= 0.6 is 15.9 Å². The van der Waals surface area contributed by atoms with E-state index >= 15 is 0 Å². The molecule has 0 aliphatic rings. The van der Waals surface area contributed by atoms with E-state index < -0.39 is 0 Å². The highest BCUT2D eigenvalue weighted by Crippen LogP contribution is 2.17. The van der Waals surface area contributed by atoms with Crippen molar-refractivity contribution in [3.05, 3.63) is 34.3 Å². The Balaban J connectivity index is 2.36. The van der Waals surface area contributed by atoms with Crippen LogP contribution in [0.5, 0.6) is 0 Å². The van der Waals surface area contributed by atoms with Gasteiger partial charge in [-0.2, -0.15) is 0 Å². The van der Waals surface area contributed by atoms with E-state index in [9.17, 15) is 0 Å². The SMILES string of the molecule is COCCCN[C@@H](C)c1cccc(Br)c1. The summed E-state index contributed by atoms with van der Waals surface area (Å²) in [7, 11) is 1.73. The second kappa shape index (κ2) is 6.99. The molecule has 0 saturated carbocycles. The van der Waals surface area contributed by atoms with Gasteiger partial charge < -0.3 is 10.1 Å². The van der Waals surface area contributed by atoms with Crippen LogP contribution in [0.25, 0.3) is 0 Å². The van der Waals surface area contributed by atoms with Crippen LogP contribution in [-0.4, -0.2) is 20.3 Å². The van der Waals surface area contributed by atoms with Crippen molar-refractivity contribution in [1.82, 2.24) is 5.32 Å². The number of methoxy groups -OCH3 is 1. The first-order valence-electron chi connectivity index (χ1n) is 5.22. The second-order valence-corrected chi connectivity index (χ2v) is 4.49. The third-order valence-electron chi connectivity index (χ3n) is 2.32. The van der Waals surface area contributed by atoms with E-state index in [2.05, 4.69) is 46.4 Å². The Morgan fingerprint density at radius 3 is 2.93 bits per heavy atom. The van der Waals surface area contributed by atoms with E-state index in [1.165, 1.54) is 5.56 Å². The van der Waals surface area contributed by atoms with Gasteiger partial charge in [-0.15, -0.1) is 0 Å². The summed E-state index contributed by atoms with van der Waals surface area (Å²) in [5.41, 5.74) is 1.31. The normalized spacial score (nSPS) is 12.7. The number of hydrogen-bond acceptors (Lipinski definition) is 2. The van der Waals surface area contributed by atoms with Crippen LogP contribution in [0.15, 0.2) is 28.7 Å². The fourth-order valence-corrected chi connectivity index (χ4v) is 1.85. The summed E-state index contributed by atoms with van der Waals surface area (Å²) in [6.07, 6.45) is 1.05. The van der Waals surface area contributed by atoms with Crippen LogP contribution in [-0.2, 0) is 4.74 Å². The molecule has 1 N–H and O–H groups in total. The van der Waals surface area contributed by atoms with Gasteiger partial charge in [-0.1, -0.05) is 28.1 Å². The molecule has 0 fully saturated rings. The minimum absolute atomic E-state index is 0.388. The Bertz CT molecular complexity index is 291. The van der Waals surface area contributed by atoms with E-state index in [-0.39, 0.29) is 0 Å². The van der Waals surface area contributed by atoms with Crippen LogP contribution in [0.2, 0.25) is 0 Å². The predicted octanol–water partition coefficient (Wildman–Crippen LogP) is 3.14. The van der Waals surface area contributed by atoms with Crippen LogP contribution in [0.4, 0.5) is 0 Å². The molecule has 1 rings (SSSR count). The van der Waals surface area contributed by atoms with E-state index in [1.54, 1.807) is 7.11 Å². The standard InChI is InChI=1S/C12H18BrNO/c1-10(14-7-4-8-15-2)11-5-3-6-12(13)9-11/h3,5-6,9-10,14H,4,7-8H2,1-2H3/t10-/m0/s1. The number of ether oxygens (including phenoxy) is 1. The first-order valence-corrected chi connectivity index (χ1v) is 6.01. The zero-order chi connectivity index (χ0) is 11.1. The van der Waals surface area contributed by atoms with Crippen molar-refractivity contribution in [1.29, 1.82) is 0 Å². The fraction of sp³-hybridized carbons (Fsp3) is 0.500. The summed E-state index contributed by atoms with van der Waals surface area (Å²) in [6.45, 7) is 3.98. The maximum absolute atomic E-state index is 5.00. The Morgan fingerprint density at radius 2 is 2.27 bits per heavy atom. The number of hydrogen-bond donors (Lipinski definition) is 1. The van der Waals surface area contributed by atoms with E-state index in [0.717, 1.165) is 24.0 Å².